The van der Waals surface area contributed by atoms with Gasteiger partial charge in [0.15, 0.2) is 5.82 Å². The maximum absolute atomic E-state index is 13.0. The van der Waals surface area contributed by atoms with Gasteiger partial charge in [-0.2, -0.15) is 31.6 Å². The van der Waals surface area contributed by atoms with Crippen molar-refractivity contribution in [3.63, 3.8) is 0 Å². The molecular formula is C18H9F6N5. The van der Waals surface area contributed by atoms with Crippen molar-refractivity contribution in [2.75, 3.05) is 0 Å². The first-order valence-electron chi connectivity index (χ1n) is 7.82. The first-order chi connectivity index (χ1) is 13.6. The summed E-state index contributed by atoms with van der Waals surface area (Å²) in [6.45, 7) is 0. The molecule has 3 aromatic rings. The summed E-state index contributed by atoms with van der Waals surface area (Å²) in [5, 5.41) is 13.1. The number of hydrogen-bond acceptors (Lipinski definition) is 4. The quantitative estimate of drug-likeness (QED) is 0.456. The third-order valence-corrected chi connectivity index (χ3v) is 3.68. The van der Waals surface area contributed by atoms with Crippen molar-refractivity contribution in [1.82, 2.24) is 19.7 Å². The van der Waals surface area contributed by atoms with Gasteiger partial charge in [0.25, 0.3) is 0 Å². The van der Waals surface area contributed by atoms with E-state index in [2.05, 4.69) is 15.1 Å². The molecule has 0 aliphatic heterocycles. The van der Waals surface area contributed by atoms with Crippen LogP contribution in [0.2, 0.25) is 0 Å². The predicted octanol–water partition coefficient (Wildman–Crippen LogP) is 4.90. The number of benzene rings is 1. The molecule has 3 rings (SSSR count). The van der Waals surface area contributed by atoms with Crippen LogP contribution in [0.5, 0.6) is 0 Å². The maximum atomic E-state index is 13.0. The molecule has 0 aliphatic rings. The fourth-order valence-electron chi connectivity index (χ4n) is 2.36. The molecule has 0 radical (unpaired) electrons. The van der Waals surface area contributed by atoms with Crippen molar-refractivity contribution in [2.24, 2.45) is 0 Å². The van der Waals surface area contributed by atoms with Crippen LogP contribution in [0.4, 0.5) is 26.3 Å². The number of aromatic nitrogens is 4. The minimum absolute atomic E-state index is 0.0231. The summed E-state index contributed by atoms with van der Waals surface area (Å²) in [6, 6.07) is 7.80. The molecule has 148 valence electrons. The Kier molecular flexibility index (Phi) is 5.11. The Labute approximate surface area is 159 Å². The van der Waals surface area contributed by atoms with Gasteiger partial charge in [0.2, 0.25) is 0 Å². The molecule has 0 saturated heterocycles. The minimum atomic E-state index is -4.98. The van der Waals surface area contributed by atoms with Crippen molar-refractivity contribution in [2.45, 2.75) is 12.4 Å². The van der Waals surface area contributed by atoms with Crippen LogP contribution in [0.1, 0.15) is 16.8 Å². The molecule has 11 heteroatoms. The minimum Gasteiger partial charge on any atom is -0.255 e. The van der Waals surface area contributed by atoms with E-state index in [1.807, 2.05) is 6.07 Å². The van der Waals surface area contributed by atoms with Crippen molar-refractivity contribution < 1.29 is 26.3 Å². The average molecular weight is 409 g/mol. The highest BCUT2D eigenvalue weighted by atomic mass is 19.4. The third-order valence-electron chi connectivity index (χ3n) is 3.68. The molecule has 0 N–H and O–H groups in total. The molecule has 0 amide bonds. The summed E-state index contributed by atoms with van der Waals surface area (Å²) in [6.07, 6.45) is -6.24. The Balaban J connectivity index is 2.04. The van der Waals surface area contributed by atoms with Gasteiger partial charge >= 0.3 is 12.4 Å². The van der Waals surface area contributed by atoms with E-state index in [1.165, 1.54) is 12.4 Å². The van der Waals surface area contributed by atoms with Gasteiger partial charge in [-0.25, -0.2) is 9.67 Å². The van der Waals surface area contributed by atoms with E-state index < -0.39 is 29.0 Å². The van der Waals surface area contributed by atoms with Gasteiger partial charge in [0.1, 0.15) is 12.4 Å². The zero-order chi connectivity index (χ0) is 21.2. The molecule has 29 heavy (non-hydrogen) atoms. The number of nitriles is 1. The highest BCUT2D eigenvalue weighted by Crippen LogP contribution is 2.38. The number of halogens is 6. The van der Waals surface area contributed by atoms with Gasteiger partial charge in [-0.05, 0) is 30.3 Å². The van der Waals surface area contributed by atoms with Crippen molar-refractivity contribution in [3.05, 3.63) is 65.7 Å². The second-order valence-corrected chi connectivity index (χ2v) is 5.71. The van der Waals surface area contributed by atoms with E-state index in [1.54, 1.807) is 18.2 Å². The Hall–Kier alpha value is -3.68. The van der Waals surface area contributed by atoms with Crippen LogP contribution in [0.15, 0.2) is 48.9 Å². The molecule has 0 bridgehead atoms. The van der Waals surface area contributed by atoms with Gasteiger partial charge in [0.05, 0.1) is 28.6 Å². The topological polar surface area (TPSA) is 67.4 Å². The molecule has 0 unspecified atom stereocenters. The zero-order valence-electron chi connectivity index (χ0n) is 14.2. The monoisotopic (exact) mass is 409 g/mol. The Morgan fingerprint density at radius 2 is 1.62 bits per heavy atom. The maximum Gasteiger partial charge on any atom is 0.416 e. The Morgan fingerprint density at radius 3 is 2.14 bits per heavy atom. The molecular weight excluding hydrogens is 400 g/mol. The summed E-state index contributed by atoms with van der Waals surface area (Å²) < 4.78 is 79.0. The van der Waals surface area contributed by atoms with Crippen LogP contribution in [-0.2, 0) is 12.4 Å². The number of rotatable bonds is 3. The van der Waals surface area contributed by atoms with E-state index >= 15 is 0 Å². The number of nitrogens with zero attached hydrogens (tertiary/aromatic N) is 5. The number of allylic oxidation sites excluding steroid dienone is 1. The molecule has 0 aliphatic carbocycles. The predicted molar refractivity (Wildman–Crippen MR) is 89.5 cm³/mol. The lowest BCUT2D eigenvalue weighted by molar-refractivity contribution is -0.143. The molecule has 0 spiro atoms. The Morgan fingerprint density at radius 1 is 0.966 bits per heavy atom. The van der Waals surface area contributed by atoms with E-state index in [4.69, 9.17) is 0 Å². The lowest BCUT2D eigenvalue weighted by atomic mass is 10.0. The summed E-state index contributed by atoms with van der Waals surface area (Å²) in [5.41, 5.74) is -3.02. The van der Waals surface area contributed by atoms with Gasteiger partial charge < -0.3 is 0 Å². The average Bonchev–Trinajstić information content (AvgIpc) is 3.14. The van der Waals surface area contributed by atoms with Crippen LogP contribution in [0, 0.1) is 11.3 Å². The smallest absolute Gasteiger partial charge is 0.255 e. The van der Waals surface area contributed by atoms with Crippen molar-refractivity contribution in [3.8, 4) is 17.5 Å². The summed E-state index contributed by atoms with van der Waals surface area (Å²) >= 11 is 0. The van der Waals surface area contributed by atoms with Crippen LogP contribution in [0.25, 0.3) is 23.2 Å². The fraction of sp³-hybridized carbons (Fsp3) is 0.111. The van der Waals surface area contributed by atoms with E-state index in [0.29, 0.717) is 17.8 Å². The summed E-state index contributed by atoms with van der Waals surface area (Å²) in [7, 11) is 0. The number of hydrogen-bond donors (Lipinski definition) is 0. The van der Waals surface area contributed by atoms with Gasteiger partial charge in [-0.1, -0.05) is 6.07 Å². The standard InChI is InChI=1S/C18H9F6N5/c19-17(20,21)13-5-11(6-14(7-13)18(22,23)24)16-27-10-29(28-16)9-12(8-25)15-3-1-2-4-26-15/h1-7,9-10H/b12-9-. The highest BCUT2D eigenvalue weighted by molar-refractivity contribution is 5.83. The molecule has 1 aromatic carbocycles. The van der Waals surface area contributed by atoms with Crippen LogP contribution in [-0.4, -0.2) is 19.7 Å². The molecule has 2 heterocycles. The first kappa shape index (κ1) is 20.1. The van der Waals surface area contributed by atoms with Gasteiger partial charge in [0, 0.05) is 11.8 Å². The highest BCUT2D eigenvalue weighted by Gasteiger charge is 2.37. The van der Waals surface area contributed by atoms with E-state index in [0.717, 1.165) is 11.0 Å². The van der Waals surface area contributed by atoms with Crippen LogP contribution in [0.3, 0.4) is 0 Å². The Bertz CT molecular complexity index is 1060. The van der Waals surface area contributed by atoms with E-state index in [-0.39, 0.29) is 17.5 Å². The molecule has 5 nitrogen and oxygen atoms in total. The fourth-order valence-corrected chi connectivity index (χ4v) is 2.36. The number of pyridine rings is 1. The normalized spacial score (nSPS) is 12.7. The van der Waals surface area contributed by atoms with Gasteiger partial charge in [-0.15, -0.1) is 5.10 Å². The third kappa shape index (κ3) is 4.60. The zero-order valence-corrected chi connectivity index (χ0v) is 14.2. The van der Waals surface area contributed by atoms with E-state index in [9.17, 15) is 31.6 Å². The molecule has 2 aromatic heterocycles. The van der Waals surface area contributed by atoms with Crippen LogP contribution >= 0.6 is 0 Å². The largest absolute Gasteiger partial charge is 0.416 e. The van der Waals surface area contributed by atoms with Gasteiger partial charge in [-0.3, -0.25) is 4.98 Å². The summed E-state index contributed by atoms with van der Waals surface area (Å²) in [4.78, 5) is 7.74. The van der Waals surface area contributed by atoms with Crippen LogP contribution < -0.4 is 0 Å². The molecule has 0 fully saturated rings. The molecule has 0 atom stereocenters. The summed E-state index contributed by atoms with van der Waals surface area (Å²) in [5.74, 6) is -0.365. The van der Waals surface area contributed by atoms with Crippen molar-refractivity contribution >= 4 is 11.8 Å². The second kappa shape index (κ2) is 7.38. The van der Waals surface area contributed by atoms with Crippen molar-refractivity contribution in [1.29, 1.82) is 5.26 Å². The lowest BCUT2D eigenvalue weighted by Crippen LogP contribution is -2.11. The second-order valence-electron chi connectivity index (χ2n) is 5.71. The first-order valence-corrected chi connectivity index (χ1v) is 7.82. The number of alkyl halides is 6. The molecule has 0 saturated carbocycles. The SMILES string of the molecule is N#C/C(=C/n1cnc(-c2cc(C(F)(F)F)cc(C(F)(F)F)c2)n1)c1ccccn1. The lowest BCUT2D eigenvalue weighted by Gasteiger charge is -2.13.